The minimum Gasteiger partial charge on any atom is -0.393 e. The number of nitrogens with zero attached hydrogens (tertiary/aromatic N) is 2. The van der Waals surface area contributed by atoms with Gasteiger partial charge in [0.15, 0.2) is 0 Å². The molecule has 2 rings (SSSR count). The van der Waals surface area contributed by atoms with Gasteiger partial charge in [-0.1, -0.05) is 12.1 Å². The van der Waals surface area contributed by atoms with Gasteiger partial charge in [-0.2, -0.15) is 4.98 Å². The molecule has 1 aromatic heterocycles. The van der Waals surface area contributed by atoms with Crippen LogP contribution in [0.3, 0.4) is 0 Å². The molecule has 1 aromatic rings. The minimum atomic E-state index is -0.483. The Labute approximate surface area is 108 Å². The Hall–Kier alpha value is -0.940. The molecule has 1 fully saturated rings. The first-order valence-electron chi connectivity index (χ1n) is 6.73. The number of rotatable bonds is 4. The maximum atomic E-state index is 9.69. The third-order valence-electron chi connectivity index (χ3n) is 3.72. The summed E-state index contributed by atoms with van der Waals surface area (Å²) in [6, 6.07) is 0. The van der Waals surface area contributed by atoms with Gasteiger partial charge in [-0.25, -0.2) is 0 Å². The summed E-state index contributed by atoms with van der Waals surface area (Å²) >= 11 is 0. The van der Waals surface area contributed by atoms with Crippen LogP contribution in [0.5, 0.6) is 0 Å². The summed E-state index contributed by atoms with van der Waals surface area (Å²) in [5.74, 6) is 1.02. The summed E-state index contributed by atoms with van der Waals surface area (Å²) < 4.78 is 11.1. The lowest BCUT2D eigenvalue weighted by molar-refractivity contribution is -0.0770. The highest BCUT2D eigenvalue weighted by Gasteiger charge is 2.36. The number of ether oxygens (including phenoxy) is 1. The van der Waals surface area contributed by atoms with Gasteiger partial charge in [0.1, 0.15) is 5.60 Å². The van der Waals surface area contributed by atoms with Crippen LogP contribution in [0.1, 0.15) is 64.1 Å². The Morgan fingerprint density at radius 1 is 1.44 bits per heavy atom. The molecule has 2 heterocycles. The predicted octanol–water partition coefficient (Wildman–Crippen LogP) is 2.36. The van der Waals surface area contributed by atoms with Crippen LogP contribution in [-0.4, -0.2) is 28.0 Å². The fourth-order valence-corrected chi connectivity index (χ4v) is 2.43. The van der Waals surface area contributed by atoms with Gasteiger partial charge in [-0.15, -0.1) is 0 Å². The number of aromatic nitrogens is 2. The SMILES string of the molecule is CCC(c1nc(C2(C)CCCCO2)no1)C(C)O. The normalized spacial score (nSPS) is 28.0. The number of aliphatic hydroxyl groups excluding tert-OH is 1. The highest BCUT2D eigenvalue weighted by atomic mass is 16.5. The van der Waals surface area contributed by atoms with E-state index in [0.717, 1.165) is 32.3 Å². The Morgan fingerprint density at radius 3 is 2.78 bits per heavy atom. The third kappa shape index (κ3) is 2.57. The molecule has 0 aliphatic carbocycles. The molecule has 1 N–H and O–H groups in total. The molecule has 1 aliphatic heterocycles. The molecule has 0 saturated carbocycles. The van der Waals surface area contributed by atoms with Crippen LogP contribution in [0.4, 0.5) is 0 Å². The summed E-state index contributed by atoms with van der Waals surface area (Å²) in [4.78, 5) is 4.44. The van der Waals surface area contributed by atoms with E-state index in [0.29, 0.717) is 11.7 Å². The molecule has 5 heteroatoms. The van der Waals surface area contributed by atoms with Crippen molar-refractivity contribution in [3.8, 4) is 0 Å². The maximum absolute atomic E-state index is 9.69. The van der Waals surface area contributed by atoms with Gasteiger partial charge in [-0.05, 0) is 39.5 Å². The van der Waals surface area contributed by atoms with Crippen molar-refractivity contribution in [2.45, 2.75) is 64.1 Å². The van der Waals surface area contributed by atoms with E-state index in [1.54, 1.807) is 6.92 Å². The van der Waals surface area contributed by atoms with Crippen LogP contribution >= 0.6 is 0 Å². The molecule has 0 aromatic carbocycles. The Kier molecular flexibility index (Phi) is 4.02. The quantitative estimate of drug-likeness (QED) is 0.893. The summed E-state index contributed by atoms with van der Waals surface area (Å²) in [6.45, 7) is 6.50. The molecule has 0 spiro atoms. The van der Waals surface area contributed by atoms with E-state index < -0.39 is 11.7 Å². The molecule has 3 unspecified atom stereocenters. The van der Waals surface area contributed by atoms with Crippen molar-refractivity contribution < 1.29 is 14.4 Å². The average molecular weight is 254 g/mol. The van der Waals surface area contributed by atoms with Crippen molar-refractivity contribution in [2.75, 3.05) is 6.61 Å². The van der Waals surface area contributed by atoms with Crippen molar-refractivity contribution in [2.24, 2.45) is 0 Å². The lowest BCUT2D eigenvalue weighted by Crippen LogP contribution is -2.31. The van der Waals surface area contributed by atoms with E-state index in [4.69, 9.17) is 9.26 Å². The van der Waals surface area contributed by atoms with Gasteiger partial charge < -0.3 is 14.4 Å². The van der Waals surface area contributed by atoms with Gasteiger partial charge >= 0.3 is 0 Å². The van der Waals surface area contributed by atoms with E-state index in [1.165, 1.54) is 0 Å². The van der Waals surface area contributed by atoms with Crippen LogP contribution in [0.15, 0.2) is 4.52 Å². The van der Waals surface area contributed by atoms with E-state index in [9.17, 15) is 5.11 Å². The molecule has 0 bridgehead atoms. The highest BCUT2D eigenvalue weighted by Crippen LogP contribution is 2.34. The van der Waals surface area contributed by atoms with Crippen molar-refractivity contribution in [3.05, 3.63) is 11.7 Å². The van der Waals surface area contributed by atoms with E-state index in [-0.39, 0.29) is 5.92 Å². The zero-order valence-electron chi connectivity index (χ0n) is 11.3. The monoisotopic (exact) mass is 254 g/mol. The first-order chi connectivity index (χ1) is 8.57. The van der Waals surface area contributed by atoms with Crippen LogP contribution in [0.25, 0.3) is 0 Å². The number of hydrogen-bond acceptors (Lipinski definition) is 5. The van der Waals surface area contributed by atoms with Gasteiger partial charge in [0, 0.05) is 6.61 Å². The fourth-order valence-electron chi connectivity index (χ4n) is 2.43. The van der Waals surface area contributed by atoms with Gasteiger partial charge in [0.05, 0.1) is 12.0 Å². The van der Waals surface area contributed by atoms with Crippen molar-refractivity contribution in [1.82, 2.24) is 10.1 Å². The molecule has 18 heavy (non-hydrogen) atoms. The van der Waals surface area contributed by atoms with Crippen molar-refractivity contribution in [3.63, 3.8) is 0 Å². The fraction of sp³-hybridized carbons (Fsp3) is 0.846. The van der Waals surface area contributed by atoms with Crippen molar-refractivity contribution in [1.29, 1.82) is 0 Å². The average Bonchev–Trinajstić information content (AvgIpc) is 2.80. The first-order valence-corrected chi connectivity index (χ1v) is 6.73. The molecular weight excluding hydrogens is 232 g/mol. The summed E-state index contributed by atoms with van der Waals surface area (Å²) in [5, 5.41) is 13.7. The molecule has 0 amide bonds. The second-order valence-electron chi connectivity index (χ2n) is 5.25. The van der Waals surface area contributed by atoms with E-state index in [2.05, 4.69) is 10.1 Å². The largest absolute Gasteiger partial charge is 0.393 e. The van der Waals surface area contributed by atoms with Gasteiger partial charge in [0.25, 0.3) is 0 Å². The number of hydrogen-bond donors (Lipinski definition) is 1. The summed E-state index contributed by atoms with van der Waals surface area (Å²) in [6.07, 6.45) is 3.41. The van der Waals surface area contributed by atoms with Gasteiger partial charge in [0.2, 0.25) is 11.7 Å². The van der Waals surface area contributed by atoms with Crippen LogP contribution in [-0.2, 0) is 10.3 Å². The maximum Gasteiger partial charge on any atom is 0.232 e. The highest BCUT2D eigenvalue weighted by molar-refractivity contribution is 5.04. The summed E-state index contributed by atoms with van der Waals surface area (Å²) in [7, 11) is 0. The number of aliphatic hydroxyl groups is 1. The molecule has 5 nitrogen and oxygen atoms in total. The lowest BCUT2D eigenvalue weighted by Gasteiger charge is -2.30. The lowest BCUT2D eigenvalue weighted by atomic mass is 9.95. The zero-order valence-corrected chi connectivity index (χ0v) is 11.3. The molecular formula is C13H22N2O3. The smallest absolute Gasteiger partial charge is 0.232 e. The first kappa shape index (κ1) is 13.5. The molecule has 0 radical (unpaired) electrons. The topological polar surface area (TPSA) is 68.4 Å². The minimum absolute atomic E-state index is 0.0987. The molecule has 3 atom stereocenters. The Bertz CT molecular complexity index is 383. The molecule has 102 valence electrons. The van der Waals surface area contributed by atoms with E-state index in [1.807, 2.05) is 13.8 Å². The Morgan fingerprint density at radius 2 is 2.22 bits per heavy atom. The standard InChI is InChI=1S/C13H22N2O3/c1-4-10(9(2)16)11-14-12(15-18-11)13(3)7-5-6-8-17-13/h9-10,16H,4-8H2,1-3H3. The van der Waals surface area contributed by atoms with E-state index >= 15 is 0 Å². The van der Waals surface area contributed by atoms with Crippen LogP contribution in [0.2, 0.25) is 0 Å². The van der Waals surface area contributed by atoms with Crippen LogP contribution in [0, 0.1) is 0 Å². The predicted molar refractivity (Wildman–Crippen MR) is 66.2 cm³/mol. The van der Waals surface area contributed by atoms with Gasteiger partial charge in [-0.3, -0.25) is 0 Å². The van der Waals surface area contributed by atoms with Crippen molar-refractivity contribution >= 4 is 0 Å². The molecule has 1 saturated heterocycles. The molecule has 1 aliphatic rings. The van der Waals surface area contributed by atoms with Crippen LogP contribution < -0.4 is 0 Å². The second kappa shape index (κ2) is 5.36. The Balaban J connectivity index is 2.19. The third-order valence-corrected chi connectivity index (χ3v) is 3.72. The summed E-state index contributed by atoms with van der Waals surface area (Å²) in [5.41, 5.74) is -0.434. The second-order valence-corrected chi connectivity index (χ2v) is 5.25. The zero-order chi connectivity index (χ0) is 13.2.